The second-order valence-electron chi connectivity index (χ2n) is 4.52. The van der Waals surface area contributed by atoms with Gasteiger partial charge in [0.25, 0.3) is 0 Å². The van der Waals surface area contributed by atoms with E-state index in [1.165, 1.54) is 0 Å². The molecule has 0 unspecified atom stereocenters. The first kappa shape index (κ1) is 12.9. The molecule has 0 amide bonds. The summed E-state index contributed by atoms with van der Waals surface area (Å²) in [6, 6.07) is 9.48. The van der Waals surface area contributed by atoms with Gasteiger partial charge in [-0.1, -0.05) is 6.07 Å². The standard InChI is InChI=1S/C15H15N3O/c1-9-4-5-13(17)14(6-9)19-15-12(8-16)10(2)7-11(3)18-15/h4-7H,17H2,1-3H3. The summed E-state index contributed by atoms with van der Waals surface area (Å²) in [6.07, 6.45) is 0. The average molecular weight is 253 g/mol. The number of rotatable bonds is 2. The Balaban J connectivity index is 2.49. The summed E-state index contributed by atoms with van der Waals surface area (Å²) < 4.78 is 5.72. The van der Waals surface area contributed by atoms with Gasteiger partial charge in [-0.25, -0.2) is 4.98 Å². The lowest BCUT2D eigenvalue weighted by molar-refractivity contribution is 0.461. The molecule has 0 spiro atoms. The van der Waals surface area contributed by atoms with Crippen molar-refractivity contribution in [2.45, 2.75) is 20.8 Å². The lowest BCUT2D eigenvalue weighted by atomic mass is 10.1. The molecular weight excluding hydrogens is 238 g/mol. The second-order valence-corrected chi connectivity index (χ2v) is 4.52. The molecule has 0 atom stereocenters. The molecule has 0 radical (unpaired) electrons. The number of aryl methyl sites for hydroxylation is 3. The summed E-state index contributed by atoms with van der Waals surface area (Å²) in [6.45, 7) is 5.67. The molecule has 4 heteroatoms. The van der Waals surface area contributed by atoms with Gasteiger partial charge < -0.3 is 10.5 Å². The van der Waals surface area contributed by atoms with E-state index < -0.39 is 0 Å². The minimum absolute atomic E-state index is 0.303. The van der Waals surface area contributed by atoms with Gasteiger partial charge in [0, 0.05) is 5.69 Å². The maximum Gasteiger partial charge on any atom is 0.237 e. The van der Waals surface area contributed by atoms with Crippen molar-refractivity contribution >= 4 is 5.69 Å². The van der Waals surface area contributed by atoms with Gasteiger partial charge in [0.2, 0.25) is 5.88 Å². The van der Waals surface area contributed by atoms with E-state index in [2.05, 4.69) is 11.1 Å². The van der Waals surface area contributed by atoms with E-state index in [4.69, 9.17) is 10.5 Å². The zero-order valence-electron chi connectivity index (χ0n) is 11.2. The van der Waals surface area contributed by atoms with Crippen molar-refractivity contribution in [3.8, 4) is 17.7 Å². The molecule has 2 N–H and O–H groups in total. The Bertz CT molecular complexity index is 672. The topological polar surface area (TPSA) is 71.9 Å². The highest BCUT2D eigenvalue weighted by atomic mass is 16.5. The van der Waals surface area contributed by atoms with Crippen LogP contribution < -0.4 is 10.5 Å². The maximum atomic E-state index is 9.19. The molecule has 96 valence electrons. The monoisotopic (exact) mass is 253 g/mol. The summed E-state index contributed by atoms with van der Waals surface area (Å²) in [5.74, 6) is 0.825. The van der Waals surface area contributed by atoms with Gasteiger partial charge in [-0.15, -0.1) is 0 Å². The Kier molecular flexibility index (Phi) is 3.39. The smallest absolute Gasteiger partial charge is 0.237 e. The first-order chi connectivity index (χ1) is 9.01. The Morgan fingerprint density at radius 1 is 1.21 bits per heavy atom. The molecule has 1 aromatic heterocycles. The van der Waals surface area contributed by atoms with Crippen molar-refractivity contribution < 1.29 is 4.74 Å². The van der Waals surface area contributed by atoms with Crippen LogP contribution in [0.1, 0.15) is 22.4 Å². The molecule has 2 rings (SSSR count). The highest BCUT2D eigenvalue weighted by molar-refractivity contribution is 5.56. The van der Waals surface area contributed by atoms with Crippen LogP contribution in [0, 0.1) is 32.1 Å². The lowest BCUT2D eigenvalue weighted by Gasteiger charge is -2.11. The van der Waals surface area contributed by atoms with Crippen LogP contribution in [0.4, 0.5) is 5.69 Å². The number of hydrogen-bond donors (Lipinski definition) is 1. The van der Waals surface area contributed by atoms with E-state index >= 15 is 0 Å². The minimum Gasteiger partial charge on any atom is -0.435 e. The number of hydrogen-bond acceptors (Lipinski definition) is 4. The molecule has 0 saturated carbocycles. The molecule has 2 aromatic rings. The van der Waals surface area contributed by atoms with Crippen molar-refractivity contribution in [2.24, 2.45) is 0 Å². The molecule has 4 nitrogen and oxygen atoms in total. The molecule has 0 bridgehead atoms. The summed E-state index contributed by atoms with van der Waals surface area (Å²) in [5.41, 5.74) is 9.51. The maximum absolute atomic E-state index is 9.19. The van der Waals surface area contributed by atoms with Crippen LogP contribution in [0.2, 0.25) is 0 Å². The van der Waals surface area contributed by atoms with Crippen molar-refractivity contribution in [1.29, 1.82) is 5.26 Å². The molecule has 0 aliphatic rings. The first-order valence-electron chi connectivity index (χ1n) is 5.93. The molecule has 0 aliphatic carbocycles. The molecule has 1 heterocycles. The van der Waals surface area contributed by atoms with Gasteiger partial charge in [0.15, 0.2) is 5.75 Å². The predicted molar refractivity (Wildman–Crippen MR) is 74.1 cm³/mol. The van der Waals surface area contributed by atoms with Gasteiger partial charge in [0.05, 0.1) is 5.69 Å². The van der Waals surface area contributed by atoms with Gasteiger partial charge >= 0.3 is 0 Å². The van der Waals surface area contributed by atoms with Crippen LogP contribution in [0.15, 0.2) is 24.3 Å². The predicted octanol–water partition coefficient (Wildman–Crippen LogP) is 3.25. The van der Waals surface area contributed by atoms with Crippen LogP contribution in [-0.2, 0) is 0 Å². The van der Waals surface area contributed by atoms with Gasteiger partial charge in [-0.3, -0.25) is 0 Å². The van der Waals surface area contributed by atoms with Crippen LogP contribution in [0.3, 0.4) is 0 Å². The van der Waals surface area contributed by atoms with Crippen LogP contribution in [0.5, 0.6) is 11.6 Å². The highest BCUT2D eigenvalue weighted by Crippen LogP contribution is 2.30. The number of pyridine rings is 1. The Morgan fingerprint density at radius 3 is 2.63 bits per heavy atom. The number of nitrogens with zero attached hydrogens (tertiary/aromatic N) is 2. The number of aromatic nitrogens is 1. The Hall–Kier alpha value is -2.54. The summed E-state index contributed by atoms with van der Waals surface area (Å²) in [7, 11) is 0. The number of nitrogens with two attached hydrogens (primary N) is 1. The first-order valence-corrected chi connectivity index (χ1v) is 5.93. The van der Waals surface area contributed by atoms with Gasteiger partial charge in [-0.05, 0) is 50.1 Å². The van der Waals surface area contributed by atoms with E-state index in [0.717, 1.165) is 16.8 Å². The van der Waals surface area contributed by atoms with E-state index in [1.807, 2.05) is 39.0 Å². The zero-order chi connectivity index (χ0) is 14.0. The number of anilines is 1. The summed E-state index contributed by atoms with van der Waals surface area (Å²) >= 11 is 0. The number of ether oxygens (including phenoxy) is 1. The van der Waals surface area contributed by atoms with Crippen LogP contribution in [0.25, 0.3) is 0 Å². The molecule has 19 heavy (non-hydrogen) atoms. The van der Waals surface area contributed by atoms with Crippen LogP contribution >= 0.6 is 0 Å². The SMILES string of the molecule is Cc1ccc(N)c(Oc2nc(C)cc(C)c2C#N)c1. The molecule has 0 fully saturated rings. The molecule has 1 aromatic carbocycles. The van der Waals surface area contributed by atoms with Crippen molar-refractivity contribution in [2.75, 3.05) is 5.73 Å². The third-order valence-electron chi connectivity index (χ3n) is 2.80. The zero-order valence-corrected chi connectivity index (χ0v) is 11.2. The van der Waals surface area contributed by atoms with E-state index in [-0.39, 0.29) is 0 Å². The fourth-order valence-electron chi connectivity index (χ4n) is 1.85. The third kappa shape index (κ3) is 2.66. The molecule has 0 aliphatic heterocycles. The highest BCUT2D eigenvalue weighted by Gasteiger charge is 2.12. The van der Waals surface area contributed by atoms with Crippen molar-refractivity contribution in [3.63, 3.8) is 0 Å². The largest absolute Gasteiger partial charge is 0.435 e. The average Bonchev–Trinajstić information content (AvgIpc) is 2.33. The van der Waals surface area contributed by atoms with Crippen molar-refractivity contribution in [1.82, 2.24) is 4.98 Å². The number of benzene rings is 1. The van der Waals surface area contributed by atoms with Crippen molar-refractivity contribution in [3.05, 3.63) is 46.6 Å². The second kappa shape index (κ2) is 4.99. The van der Waals surface area contributed by atoms with Gasteiger partial charge in [0.1, 0.15) is 11.6 Å². The Labute approximate surface area is 112 Å². The fraction of sp³-hybridized carbons (Fsp3) is 0.200. The minimum atomic E-state index is 0.303. The lowest BCUT2D eigenvalue weighted by Crippen LogP contribution is -1.99. The van der Waals surface area contributed by atoms with Gasteiger partial charge in [-0.2, -0.15) is 5.26 Å². The third-order valence-corrected chi connectivity index (χ3v) is 2.80. The Morgan fingerprint density at radius 2 is 1.95 bits per heavy atom. The summed E-state index contributed by atoms with van der Waals surface area (Å²) in [4.78, 5) is 4.27. The quantitative estimate of drug-likeness (QED) is 0.834. The normalized spacial score (nSPS) is 10.0. The number of nitriles is 1. The van der Waals surface area contributed by atoms with E-state index in [1.54, 1.807) is 6.07 Å². The number of nitrogen functional groups attached to an aromatic ring is 1. The summed E-state index contributed by atoms with van der Waals surface area (Å²) in [5, 5.41) is 9.19. The van der Waals surface area contributed by atoms with Crippen LogP contribution in [-0.4, -0.2) is 4.98 Å². The fourth-order valence-corrected chi connectivity index (χ4v) is 1.85. The molecule has 0 saturated heterocycles. The van der Waals surface area contributed by atoms with E-state index in [9.17, 15) is 5.26 Å². The molecular formula is C15H15N3O. The van der Waals surface area contributed by atoms with E-state index in [0.29, 0.717) is 22.9 Å².